The zero-order valence-electron chi connectivity index (χ0n) is 17.8. The van der Waals surface area contributed by atoms with Crippen molar-refractivity contribution in [2.24, 2.45) is 5.92 Å². The van der Waals surface area contributed by atoms with Crippen molar-refractivity contribution in [2.45, 2.75) is 78.2 Å². The molecule has 0 amide bonds. The first-order valence-electron chi connectivity index (χ1n) is 10.4. The number of hydrogen-bond acceptors (Lipinski definition) is 5. The summed E-state index contributed by atoms with van der Waals surface area (Å²) in [7, 11) is 0. The first-order valence-corrected chi connectivity index (χ1v) is 10.4. The fourth-order valence-electron chi connectivity index (χ4n) is 3.31. The average Bonchev–Trinajstić information content (AvgIpc) is 2.66. The fourth-order valence-corrected chi connectivity index (χ4v) is 3.31. The molecule has 1 rings (SSSR count). The van der Waals surface area contributed by atoms with Gasteiger partial charge in [0.1, 0.15) is 17.6 Å². The Balaban J connectivity index is 2.54. The van der Waals surface area contributed by atoms with Crippen LogP contribution in [0, 0.1) is 5.92 Å². The highest BCUT2D eigenvalue weighted by atomic mass is 16.5. The SMILES string of the molecule is CCCCCC(CCCC(Cc1ccc(OCC(=O)O)cc1)C(C)=O)OC(C)=O. The third-order valence-electron chi connectivity index (χ3n) is 4.88. The molecular weight excluding hydrogens is 372 g/mol. The molecule has 2 unspecified atom stereocenters. The molecule has 0 heterocycles. The van der Waals surface area contributed by atoms with Crippen LogP contribution in [0.25, 0.3) is 0 Å². The van der Waals surface area contributed by atoms with E-state index in [1.54, 1.807) is 19.1 Å². The fraction of sp³-hybridized carbons (Fsp3) is 0.609. The molecule has 162 valence electrons. The molecule has 2 atom stereocenters. The maximum atomic E-state index is 12.1. The van der Waals surface area contributed by atoms with E-state index in [0.717, 1.165) is 50.5 Å². The van der Waals surface area contributed by atoms with Gasteiger partial charge in [-0.1, -0.05) is 31.9 Å². The van der Waals surface area contributed by atoms with Crippen molar-refractivity contribution in [1.82, 2.24) is 0 Å². The molecule has 0 aliphatic carbocycles. The van der Waals surface area contributed by atoms with Crippen LogP contribution in [0.15, 0.2) is 24.3 Å². The summed E-state index contributed by atoms with van der Waals surface area (Å²) in [6, 6.07) is 7.17. The molecule has 29 heavy (non-hydrogen) atoms. The van der Waals surface area contributed by atoms with Gasteiger partial charge in [-0.3, -0.25) is 9.59 Å². The van der Waals surface area contributed by atoms with Gasteiger partial charge in [-0.15, -0.1) is 0 Å². The molecule has 0 saturated heterocycles. The lowest BCUT2D eigenvalue weighted by molar-refractivity contribution is -0.147. The lowest BCUT2D eigenvalue weighted by Crippen LogP contribution is -2.19. The molecule has 1 aromatic rings. The number of carbonyl (C=O) groups excluding carboxylic acids is 2. The van der Waals surface area contributed by atoms with E-state index < -0.39 is 5.97 Å². The minimum Gasteiger partial charge on any atom is -0.482 e. The number of unbranched alkanes of at least 4 members (excludes halogenated alkanes) is 2. The number of aliphatic carboxylic acids is 1. The molecule has 0 aromatic heterocycles. The Morgan fingerprint density at radius 3 is 2.17 bits per heavy atom. The number of carboxylic acid groups (broad SMARTS) is 1. The Morgan fingerprint density at radius 2 is 1.62 bits per heavy atom. The van der Waals surface area contributed by atoms with Gasteiger partial charge in [-0.25, -0.2) is 4.79 Å². The normalized spacial score (nSPS) is 12.8. The largest absolute Gasteiger partial charge is 0.482 e. The number of benzene rings is 1. The summed E-state index contributed by atoms with van der Waals surface area (Å²) in [5, 5.41) is 8.65. The lowest BCUT2D eigenvalue weighted by Gasteiger charge is -2.19. The Morgan fingerprint density at radius 1 is 0.966 bits per heavy atom. The Hall–Kier alpha value is -2.37. The van der Waals surface area contributed by atoms with Gasteiger partial charge in [0.15, 0.2) is 6.61 Å². The molecule has 0 fully saturated rings. The molecule has 0 spiro atoms. The molecule has 0 aliphatic heterocycles. The highest BCUT2D eigenvalue weighted by Gasteiger charge is 2.17. The van der Waals surface area contributed by atoms with Crippen LogP contribution in [0.2, 0.25) is 0 Å². The first kappa shape index (κ1) is 24.7. The van der Waals surface area contributed by atoms with Crippen LogP contribution in [0.5, 0.6) is 5.75 Å². The number of hydrogen-bond donors (Lipinski definition) is 1. The third-order valence-corrected chi connectivity index (χ3v) is 4.88. The van der Waals surface area contributed by atoms with Crippen LogP contribution in [0.1, 0.15) is 71.3 Å². The van der Waals surface area contributed by atoms with Crippen molar-refractivity contribution in [3.63, 3.8) is 0 Å². The Kier molecular flexibility index (Phi) is 11.7. The van der Waals surface area contributed by atoms with Gasteiger partial charge < -0.3 is 14.6 Å². The van der Waals surface area contributed by atoms with Gasteiger partial charge in [-0.05, 0) is 63.1 Å². The zero-order valence-corrected chi connectivity index (χ0v) is 17.8. The summed E-state index contributed by atoms with van der Waals surface area (Å²) in [5.41, 5.74) is 1.01. The van der Waals surface area contributed by atoms with Crippen LogP contribution in [0.4, 0.5) is 0 Å². The van der Waals surface area contributed by atoms with Gasteiger partial charge in [-0.2, -0.15) is 0 Å². The summed E-state index contributed by atoms with van der Waals surface area (Å²) >= 11 is 0. The minimum atomic E-state index is -1.02. The van der Waals surface area contributed by atoms with E-state index in [1.165, 1.54) is 6.92 Å². The van der Waals surface area contributed by atoms with Gasteiger partial charge in [0, 0.05) is 12.8 Å². The Labute approximate surface area is 173 Å². The van der Waals surface area contributed by atoms with Gasteiger partial charge in [0.05, 0.1) is 0 Å². The van der Waals surface area contributed by atoms with E-state index in [9.17, 15) is 14.4 Å². The lowest BCUT2D eigenvalue weighted by atomic mass is 9.90. The van der Waals surface area contributed by atoms with Crippen LogP contribution >= 0.6 is 0 Å². The standard InChI is InChI=1S/C23H34O6/c1-4-5-6-9-22(29-18(3)25)10-7-8-20(17(2)24)15-19-11-13-21(14-12-19)28-16-23(26)27/h11-14,20,22H,4-10,15-16H2,1-3H3,(H,26,27). The van der Waals surface area contributed by atoms with Crippen LogP contribution in [-0.2, 0) is 25.5 Å². The first-order chi connectivity index (χ1) is 13.8. The summed E-state index contributed by atoms with van der Waals surface area (Å²) in [6.07, 6.45) is 7.07. The number of carbonyl (C=O) groups is 3. The van der Waals surface area contributed by atoms with Crippen molar-refractivity contribution in [1.29, 1.82) is 0 Å². The summed E-state index contributed by atoms with van der Waals surface area (Å²) in [6.45, 7) is 4.81. The van der Waals surface area contributed by atoms with Crippen molar-refractivity contribution in [3.8, 4) is 5.75 Å². The van der Waals surface area contributed by atoms with Gasteiger partial charge >= 0.3 is 11.9 Å². The minimum absolute atomic E-state index is 0.0719. The van der Waals surface area contributed by atoms with Crippen molar-refractivity contribution in [2.75, 3.05) is 6.61 Å². The second-order valence-corrected chi connectivity index (χ2v) is 7.50. The smallest absolute Gasteiger partial charge is 0.341 e. The molecular formula is C23H34O6. The molecule has 6 heteroatoms. The maximum absolute atomic E-state index is 12.1. The number of carboxylic acids is 1. The highest BCUT2D eigenvalue weighted by molar-refractivity contribution is 5.78. The number of esters is 1. The summed E-state index contributed by atoms with van der Waals surface area (Å²) in [4.78, 5) is 34.0. The van der Waals surface area contributed by atoms with E-state index in [-0.39, 0.29) is 30.4 Å². The number of ether oxygens (including phenoxy) is 2. The number of rotatable bonds is 15. The monoisotopic (exact) mass is 406 g/mol. The molecule has 1 aromatic carbocycles. The van der Waals surface area contributed by atoms with Crippen molar-refractivity contribution < 1.29 is 29.0 Å². The molecule has 0 saturated carbocycles. The molecule has 6 nitrogen and oxygen atoms in total. The van der Waals surface area contributed by atoms with E-state index in [0.29, 0.717) is 12.2 Å². The van der Waals surface area contributed by atoms with Crippen LogP contribution < -0.4 is 4.74 Å². The topological polar surface area (TPSA) is 89.9 Å². The highest BCUT2D eigenvalue weighted by Crippen LogP contribution is 2.21. The Bertz CT molecular complexity index is 637. The van der Waals surface area contributed by atoms with Crippen molar-refractivity contribution in [3.05, 3.63) is 29.8 Å². The summed E-state index contributed by atoms with van der Waals surface area (Å²) in [5.74, 6) is -0.722. The van der Waals surface area contributed by atoms with E-state index in [1.807, 2.05) is 12.1 Å². The van der Waals surface area contributed by atoms with Gasteiger partial charge in [0.2, 0.25) is 0 Å². The molecule has 1 N–H and O–H groups in total. The second-order valence-electron chi connectivity index (χ2n) is 7.50. The second kappa shape index (κ2) is 13.7. The van der Waals surface area contributed by atoms with Crippen LogP contribution in [-0.4, -0.2) is 35.5 Å². The zero-order chi connectivity index (χ0) is 21.6. The third kappa shape index (κ3) is 11.3. The predicted molar refractivity (Wildman–Crippen MR) is 111 cm³/mol. The van der Waals surface area contributed by atoms with Crippen molar-refractivity contribution >= 4 is 17.7 Å². The summed E-state index contributed by atoms with van der Waals surface area (Å²) < 4.78 is 10.6. The quantitative estimate of drug-likeness (QED) is 0.339. The maximum Gasteiger partial charge on any atom is 0.341 e. The van der Waals surface area contributed by atoms with Crippen LogP contribution in [0.3, 0.4) is 0 Å². The molecule has 0 radical (unpaired) electrons. The van der Waals surface area contributed by atoms with E-state index >= 15 is 0 Å². The van der Waals surface area contributed by atoms with Gasteiger partial charge in [0.25, 0.3) is 0 Å². The van der Waals surface area contributed by atoms with E-state index in [2.05, 4.69) is 6.92 Å². The average molecular weight is 407 g/mol. The number of ketones is 1. The predicted octanol–water partition coefficient (Wildman–Crippen LogP) is 4.58. The number of Topliss-reactive ketones (excluding diaryl/α,β-unsaturated/α-hetero) is 1. The van der Waals surface area contributed by atoms with E-state index in [4.69, 9.17) is 14.6 Å². The molecule has 0 aliphatic rings. The molecule has 0 bridgehead atoms.